The van der Waals surface area contributed by atoms with E-state index in [1.165, 1.54) is 0 Å². The van der Waals surface area contributed by atoms with Crippen LogP contribution in [0.3, 0.4) is 0 Å². The van der Waals surface area contributed by atoms with Crippen LogP contribution < -0.4 is 18.9 Å². The predicted octanol–water partition coefficient (Wildman–Crippen LogP) is 6.49. The Kier molecular flexibility index (Phi) is 9.92. The fourth-order valence-electron chi connectivity index (χ4n) is 4.43. The lowest BCUT2D eigenvalue weighted by Gasteiger charge is -2.16. The highest BCUT2D eigenvalue weighted by Crippen LogP contribution is 2.30. The lowest BCUT2D eigenvalue weighted by Crippen LogP contribution is -2.12. The molecule has 0 fully saturated rings. The summed E-state index contributed by atoms with van der Waals surface area (Å²) in [5.41, 5.74) is 4.74. The van der Waals surface area contributed by atoms with Crippen LogP contribution in [0.4, 0.5) is 0 Å². The van der Waals surface area contributed by atoms with Gasteiger partial charge in [0.1, 0.15) is 47.6 Å². The van der Waals surface area contributed by atoms with Crippen molar-refractivity contribution in [2.75, 3.05) is 40.6 Å². The number of methoxy groups -OCH3 is 2. The second-order valence-electron chi connectivity index (χ2n) is 9.41. The van der Waals surface area contributed by atoms with Crippen molar-refractivity contribution < 1.29 is 28.6 Å². The number of hydrogen-bond acceptors (Lipinski definition) is 8. The molecule has 0 saturated heterocycles. The summed E-state index contributed by atoms with van der Waals surface area (Å²) in [6.45, 7) is 1.50. The number of rotatable bonds is 4. The fourth-order valence-corrected chi connectivity index (χ4v) is 4.43. The lowest BCUT2D eigenvalue weighted by atomic mass is 10.0. The maximum absolute atomic E-state index is 6.24. The van der Waals surface area contributed by atoms with Crippen molar-refractivity contribution in [3.8, 4) is 23.0 Å². The average molecular weight is 567 g/mol. The van der Waals surface area contributed by atoms with Gasteiger partial charge in [-0.15, -0.1) is 0 Å². The van der Waals surface area contributed by atoms with Gasteiger partial charge >= 0.3 is 0 Å². The summed E-state index contributed by atoms with van der Waals surface area (Å²) in [6, 6.07) is 31.1. The molecule has 0 bridgehead atoms. The van der Waals surface area contributed by atoms with Crippen LogP contribution >= 0.6 is 0 Å². The summed E-state index contributed by atoms with van der Waals surface area (Å²) in [6.07, 6.45) is 1.20. The van der Waals surface area contributed by atoms with Crippen LogP contribution in [-0.2, 0) is 9.68 Å². The van der Waals surface area contributed by atoms with E-state index in [0.717, 1.165) is 22.3 Å². The topological polar surface area (TPSA) is 80.1 Å². The number of fused-ring (bicyclic) bond motifs is 2. The van der Waals surface area contributed by atoms with E-state index in [1.807, 2.05) is 97.1 Å². The SMILES string of the molecule is COc1ccc2c(c1)OCCCO/N=C(/c1ccccc1)c1ccc(OC)cc1OCCCON=C2c1ccccc1. The zero-order valence-corrected chi connectivity index (χ0v) is 23.8. The summed E-state index contributed by atoms with van der Waals surface area (Å²) in [5, 5.41) is 9.11. The second kappa shape index (κ2) is 14.6. The lowest BCUT2D eigenvalue weighted by molar-refractivity contribution is 0.125. The van der Waals surface area contributed by atoms with Gasteiger partial charge in [-0.2, -0.15) is 0 Å². The maximum atomic E-state index is 6.24. The molecule has 1 aliphatic heterocycles. The van der Waals surface area contributed by atoms with Crippen LogP contribution in [0, 0.1) is 0 Å². The molecule has 0 radical (unpaired) electrons. The zero-order chi connectivity index (χ0) is 29.0. The average Bonchev–Trinajstić information content (AvgIpc) is 3.05. The van der Waals surface area contributed by atoms with Crippen molar-refractivity contribution in [2.24, 2.45) is 10.3 Å². The molecule has 216 valence electrons. The quantitative estimate of drug-likeness (QED) is 0.281. The third-order valence-electron chi connectivity index (χ3n) is 6.57. The van der Waals surface area contributed by atoms with Crippen LogP contribution in [0.2, 0.25) is 0 Å². The number of ether oxygens (including phenoxy) is 4. The van der Waals surface area contributed by atoms with Gasteiger partial charge < -0.3 is 28.6 Å². The third-order valence-corrected chi connectivity index (χ3v) is 6.57. The first kappa shape index (κ1) is 28.5. The molecule has 1 aliphatic rings. The largest absolute Gasteiger partial charge is 0.497 e. The predicted molar refractivity (Wildman–Crippen MR) is 162 cm³/mol. The Balaban J connectivity index is 1.46. The Labute approximate surface area is 246 Å². The van der Waals surface area contributed by atoms with E-state index in [2.05, 4.69) is 10.3 Å². The molecular formula is C34H34N2O6. The minimum atomic E-state index is 0.352. The minimum absolute atomic E-state index is 0.352. The second-order valence-corrected chi connectivity index (χ2v) is 9.41. The van der Waals surface area contributed by atoms with Gasteiger partial charge in [0, 0.05) is 47.2 Å². The van der Waals surface area contributed by atoms with Gasteiger partial charge in [0.25, 0.3) is 0 Å². The molecule has 42 heavy (non-hydrogen) atoms. The molecule has 0 aromatic heterocycles. The van der Waals surface area contributed by atoms with Crippen molar-refractivity contribution >= 4 is 11.4 Å². The van der Waals surface area contributed by atoms with E-state index in [9.17, 15) is 0 Å². The number of hydrogen-bond donors (Lipinski definition) is 0. The van der Waals surface area contributed by atoms with E-state index in [4.69, 9.17) is 28.6 Å². The first-order chi connectivity index (χ1) is 20.8. The van der Waals surface area contributed by atoms with Gasteiger partial charge in [-0.25, -0.2) is 0 Å². The van der Waals surface area contributed by atoms with Crippen molar-refractivity contribution in [1.29, 1.82) is 0 Å². The molecule has 0 amide bonds. The van der Waals surface area contributed by atoms with Gasteiger partial charge in [-0.3, -0.25) is 0 Å². The van der Waals surface area contributed by atoms with E-state index in [-0.39, 0.29) is 0 Å². The van der Waals surface area contributed by atoms with Gasteiger partial charge in [-0.1, -0.05) is 71.0 Å². The van der Waals surface area contributed by atoms with Gasteiger partial charge in [-0.05, 0) is 24.3 Å². The monoisotopic (exact) mass is 566 g/mol. The van der Waals surface area contributed by atoms with Crippen molar-refractivity contribution in [3.63, 3.8) is 0 Å². The standard InChI is InChI=1S/C34H34N2O6/c1-37-27-15-17-29-31(23-27)39-19-9-21-42-36-34(26-13-7-4-8-14-26)30-18-16-28(38-2)24-32(30)40-20-10-22-41-35-33(29)25-11-5-3-6-12-25/h3-8,11-18,23-24H,9-10,19-22H2,1-2H3/b35-33-,36-34?. The minimum Gasteiger partial charge on any atom is -0.497 e. The summed E-state index contributed by atoms with van der Waals surface area (Å²) in [7, 11) is 3.26. The molecule has 8 nitrogen and oxygen atoms in total. The number of oxime groups is 2. The van der Waals surface area contributed by atoms with E-state index < -0.39 is 0 Å². The highest BCUT2D eigenvalue weighted by atomic mass is 16.6. The Bertz CT molecular complexity index is 1390. The van der Waals surface area contributed by atoms with Crippen LogP contribution in [0.1, 0.15) is 35.1 Å². The molecule has 4 aromatic rings. The zero-order valence-electron chi connectivity index (χ0n) is 23.8. The highest BCUT2D eigenvalue weighted by Gasteiger charge is 2.17. The molecule has 0 N–H and O–H groups in total. The fraction of sp³-hybridized carbons (Fsp3) is 0.235. The smallest absolute Gasteiger partial charge is 0.132 e. The number of benzene rings is 4. The summed E-state index contributed by atoms with van der Waals surface area (Å²) in [5.74, 6) is 2.65. The molecule has 5 rings (SSSR count). The third kappa shape index (κ3) is 7.20. The van der Waals surface area contributed by atoms with Crippen LogP contribution in [0.15, 0.2) is 107 Å². The first-order valence-electron chi connectivity index (χ1n) is 13.9. The van der Waals surface area contributed by atoms with E-state index in [0.29, 0.717) is 73.7 Å². The van der Waals surface area contributed by atoms with Crippen LogP contribution in [0.25, 0.3) is 0 Å². The Morgan fingerprint density at radius 2 is 0.952 bits per heavy atom. The Morgan fingerprint density at radius 3 is 1.36 bits per heavy atom. The molecular weight excluding hydrogens is 532 g/mol. The van der Waals surface area contributed by atoms with Crippen LogP contribution in [0.5, 0.6) is 23.0 Å². The normalized spacial score (nSPS) is 15.7. The first-order valence-corrected chi connectivity index (χ1v) is 13.9. The van der Waals surface area contributed by atoms with Crippen molar-refractivity contribution in [2.45, 2.75) is 12.8 Å². The number of nitrogens with zero attached hydrogens (tertiary/aromatic N) is 2. The maximum Gasteiger partial charge on any atom is 0.132 e. The molecule has 0 unspecified atom stereocenters. The van der Waals surface area contributed by atoms with Crippen molar-refractivity contribution in [1.82, 2.24) is 0 Å². The molecule has 8 heteroatoms. The van der Waals surface area contributed by atoms with Crippen LogP contribution in [-0.4, -0.2) is 52.1 Å². The summed E-state index contributed by atoms with van der Waals surface area (Å²) >= 11 is 0. The molecule has 4 aromatic carbocycles. The highest BCUT2D eigenvalue weighted by molar-refractivity contribution is 6.15. The summed E-state index contributed by atoms with van der Waals surface area (Å²) in [4.78, 5) is 11.7. The van der Waals surface area contributed by atoms with Gasteiger partial charge in [0.15, 0.2) is 0 Å². The Hall–Kier alpha value is -4.98. The van der Waals surface area contributed by atoms with E-state index in [1.54, 1.807) is 14.2 Å². The molecule has 0 atom stereocenters. The van der Waals surface area contributed by atoms with Gasteiger partial charge in [0.05, 0.1) is 27.4 Å². The molecule has 0 spiro atoms. The van der Waals surface area contributed by atoms with Gasteiger partial charge in [0.2, 0.25) is 0 Å². The molecule has 0 saturated carbocycles. The Morgan fingerprint density at radius 1 is 0.524 bits per heavy atom. The molecule has 0 aliphatic carbocycles. The summed E-state index contributed by atoms with van der Waals surface area (Å²) < 4.78 is 23.4. The van der Waals surface area contributed by atoms with Crippen molar-refractivity contribution in [3.05, 3.63) is 119 Å². The van der Waals surface area contributed by atoms with E-state index >= 15 is 0 Å². The molecule has 1 heterocycles.